The number of hydrogen-bond acceptors (Lipinski definition) is 5. The van der Waals surface area contributed by atoms with Crippen LogP contribution in [0.25, 0.3) is 5.57 Å². The van der Waals surface area contributed by atoms with Crippen LogP contribution in [0.1, 0.15) is 16.7 Å². The van der Waals surface area contributed by atoms with Crippen LogP contribution in [0.3, 0.4) is 0 Å². The van der Waals surface area contributed by atoms with Gasteiger partial charge in [-0.2, -0.15) is 0 Å². The largest absolute Gasteiger partial charge is 0.493 e. The minimum atomic E-state index is -0.534. The van der Waals surface area contributed by atoms with Crippen LogP contribution < -0.4 is 14.8 Å². The number of carbonyl (C=O) groups is 2. The molecule has 0 saturated carbocycles. The summed E-state index contributed by atoms with van der Waals surface area (Å²) < 4.78 is 24.9. The average Bonchev–Trinajstić information content (AvgIpc) is 3.05. The number of rotatable bonds is 7. The Hall–Kier alpha value is -4.13. The van der Waals surface area contributed by atoms with Crippen molar-refractivity contribution < 1.29 is 23.5 Å². The third kappa shape index (κ3) is 4.30. The van der Waals surface area contributed by atoms with Crippen molar-refractivity contribution in [3.05, 3.63) is 94.9 Å². The number of hydrogen-bond donors (Lipinski definition) is 1. The topological polar surface area (TPSA) is 67.9 Å². The maximum absolute atomic E-state index is 14.3. The van der Waals surface area contributed by atoms with Gasteiger partial charge in [-0.15, -0.1) is 0 Å². The molecule has 1 heterocycles. The molecule has 1 aliphatic rings. The maximum Gasteiger partial charge on any atom is 0.278 e. The number of methoxy groups -OCH3 is 2. The molecule has 33 heavy (non-hydrogen) atoms. The lowest BCUT2D eigenvalue weighted by molar-refractivity contribution is -0.137. The molecule has 3 aromatic carbocycles. The molecule has 0 saturated heterocycles. The highest BCUT2D eigenvalue weighted by Gasteiger charge is 2.39. The van der Waals surface area contributed by atoms with E-state index in [9.17, 15) is 14.0 Å². The number of benzene rings is 3. The molecule has 1 N–H and O–H groups in total. The molecular formula is C26H23FN2O4. The van der Waals surface area contributed by atoms with Crippen LogP contribution in [0.15, 0.2) is 72.4 Å². The number of halogens is 1. The van der Waals surface area contributed by atoms with Crippen molar-refractivity contribution in [2.24, 2.45) is 0 Å². The van der Waals surface area contributed by atoms with E-state index in [1.807, 2.05) is 19.1 Å². The Labute approximate surface area is 191 Å². The van der Waals surface area contributed by atoms with Crippen molar-refractivity contribution in [1.29, 1.82) is 0 Å². The zero-order valence-corrected chi connectivity index (χ0v) is 18.5. The first kappa shape index (κ1) is 22.1. The minimum absolute atomic E-state index is 0.118. The van der Waals surface area contributed by atoms with Gasteiger partial charge >= 0.3 is 0 Å². The van der Waals surface area contributed by atoms with E-state index >= 15 is 0 Å². The van der Waals surface area contributed by atoms with Crippen molar-refractivity contribution in [3.63, 3.8) is 0 Å². The van der Waals surface area contributed by atoms with Crippen molar-refractivity contribution >= 4 is 23.1 Å². The van der Waals surface area contributed by atoms with Crippen LogP contribution in [0.2, 0.25) is 0 Å². The summed E-state index contributed by atoms with van der Waals surface area (Å²) in [7, 11) is 3.04. The quantitative estimate of drug-likeness (QED) is 0.540. The van der Waals surface area contributed by atoms with Crippen molar-refractivity contribution in [3.8, 4) is 11.5 Å². The van der Waals surface area contributed by atoms with Gasteiger partial charge in [-0.05, 0) is 30.7 Å². The van der Waals surface area contributed by atoms with E-state index in [4.69, 9.17) is 9.47 Å². The number of nitrogens with one attached hydrogen (secondary N) is 1. The average molecular weight is 446 g/mol. The lowest BCUT2D eigenvalue weighted by Gasteiger charge is -2.16. The highest BCUT2D eigenvalue weighted by molar-refractivity contribution is 6.36. The van der Waals surface area contributed by atoms with E-state index in [0.29, 0.717) is 22.7 Å². The molecule has 168 valence electrons. The van der Waals surface area contributed by atoms with Crippen LogP contribution in [-0.4, -0.2) is 30.9 Å². The number of anilines is 1. The van der Waals surface area contributed by atoms with Crippen LogP contribution >= 0.6 is 0 Å². The molecule has 0 radical (unpaired) electrons. The third-order valence-electron chi connectivity index (χ3n) is 5.45. The van der Waals surface area contributed by atoms with Gasteiger partial charge in [-0.3, -0.25) is 14.5 Å². The summed E-state index contributed by atoms with van der Waals surface area (Å²) in [6, 6.07) is 18.5. The van der Waals surface area contributed by atoms with Crippen LogP contribution in [-0.2, 0) is 16.1 Å². The molecule has 0 spiro atoms. The Morgan fingerprint density at radius 1 is 0.879 bits per heavy atom. The molecule has 0 atom stereocenters. The number of ether oxygens (including phenoxy) is 2. The second kappa shape index (κ2) is 9.16. The predicted octanol–water partition coefficient (Wildman–Crippen LogP) is 4.54. The summed E-state index contributed by atoms with van der Waals surface area (Å²) in [5.74, 6) is -0.495. The molecule has 4 rings (SSSR count). The molecular weight excluding hydrogens is 423 g/mol. The zero-order chi connectivity index (χ0) is 23.5. The van der Waals surface area contributed by atoms with Crippen LogP contribution in [0, 0.1) is 12.7 Å². The zero-order valence-electron chi connectivity index (χ0n) is 18.5. The first-order valence-corrected chi connectivity index (χ1v) is 10.3. The SMILES string of the molecule is COc1ccc(NC2=C(c3ccc(C)cc3)C(=O)N(Cc3ccccc3F)C2=O)cc1OC. The molecule has 7 heteroatoms. The first-order chi connectivity index (χ1) is 15.9. The summed E-state index contributed by atoms with van der Waals surface area (Å²) >= 11 is 0. The Bertz CT molecular complexity index is 1250. The number of imide groups is 1. The van der Waals surface area contributed by atoms with Gasteiger partial charge in [-0.1, -0.05) is 48.0 Å². The van der Waals surface area contributed by atoms with E-state index in [0.717, 1.165) is 10.5 Å². The van der Waals surface area contributed by atoms with E-state index < -0.39 is 17.6 Å². The van der Waals surface area contributed by atoms with Gasteiger partial charge in [0.25, 0.3) is 11.8 Å². The predicted molar refractivity (Wildman–Crippen MR) is 123 cm³/mol. The monoisotopic (exact) mass is 446 g/mol. The smallest absolute Gasteiger partial charge is 0.278 e. The summed E-state index contributed by atoms with van der Waals surface area (Å²) in [6.07, 6.45) is 0. The normalized spacial score (nSPS) is 13.5. The van der Waals surface area contributed by atoms with E-state index in [-0.39, 0.29) is 23.4 Å². The second-order valence-electron chi connectivity index (χ2n) is 7.60. The number of nitrogens with zero attached hydrogens (tertiary/aromatic N) is 1. The maximum atomic E-state index is 14.3. The van der Waals surface area contributed by atoms with Crippen molar-refractivity contribution in [1.82, 2.24) is 4.90 Å². The molecule has 0 aliphatic carbocycles. The van der Waals surface area contributed by atoms with Crippen LogP contribution in [0.5, 0.6) is 11.5 Å². The summed E-state index contributed by atoms with van der Waals surface area (Å²) in [5.41, 5.74) is 2.77. The molecule has 0 bridgehead atoms. The third-order valence-corrected chi connectivity index (χ3v) is 5.45. The van der Waals surface area contributed by atoms with E-state index in [2.05, 4.69) is 5.32 Å². The second-order valence-corrected chi connectivity index (χ2v) is 7.60. The summed E-state index contributed by atoms with van der Waals surface area (Å²) in [5, 5.41) is 3.08. The number of carbonyl (C=O) groups excluding carboxylic acids is 2. The van der Waals surface area contributed by atoms with Gasteiger partial charge in [0.1, 0.15) is 11.5 Å². The molecule has 3 aromatic rings. The molecule has 0 aromatic heterocycles. The van der Waals surface area contributed by atoms with Gasteiger partial charge in [0.15, 0.2) is 11.5 Å². The lowest BCUT2D eigenvalue weighted by Crippen LogP contribution is -2.32. The van der Waals surface area contributed by atoms with Crippen molar-refractivity contribution in [2.45, 2.75) is 13.5 Å². The summed E-state index contributed by atoms with van der Waals surface area (Å²) in [4.78, 5) is 27.8. The standard InChI is InChI=1S/C26H23FN2O4/c1-16-8-10-17(11-9-16)23-24(28-19-12-13-21(32-2)22(14-19)33-3)26(31)29(25(23)30)15-18-6-4-5-7-20(18)27/h4-14,28H,15H2,1-3H3. The summed E-state index contributed by atoms with van der Waals surface area (Å²) in [6.45, 7) is 1.77. The lowest BCUT2D eigenvalue weighted by atomic mass is 10.0. The highest BCUT2D eigenvalue weighted by Crippen LogP contribution is 2.35. The molecule has 0 fully saturated rings. The Morgan fingerprint density at radius 2 is 1.58 bits per heavy atom. The van der Waals surface area contributed by atoms with Gasteiger partial charge in [0.2, 0.25) is 0 Å². The van der Waals surface area contributed by atoms with E-state index in [1.165, 1.54) is 20.3 Å². The molecule has 6 nitrogen and oxygen atoms in total. The number of amides is 2. The van der Waals surface area contributed by atoms with Gasteiger partial charge in [-0.25, -0.2) is 4.39 Å². The Balaban J connectivity index is 1.75. The Kier molecular flexibility index (Phi) is 6.13. The number of aryl methyl sites for hydroxylation is 1. The van der Waals surface area contributed by atoms with Gasteiger partial charge in [0.05, 0.1) is 26.3 Å². The van der Waals surface area contributed by atoms with Crippen LogP contribution in [0.4, 0.5) is 10.1 Å². The van der Waals surface area contributed by atoms with E-state index in [1.54, 1.807) is 48.5 Å². The highest BCUT2D eigenvalue weighted by atomic mass is 19.1. The fourth-order valence-electron chi connectivity index (χ4n) is 3.68. The first-order valence-electron chi connectivity index (χ1n) is 10.3. The Morgan fingerprint density at radius 3 is 2.24 bits per heavy atom. The fraction of sp³-hybridized carbons (Fsp3) is 0.154. The van der Waals surface area contributed by atoms with Gasteiger partial charge in [0, 0.05) is 17.3 Å². The molecule has 1 aliphatic heterocycles. The van der Waals surface area contributed by atoms with Gasteiger partial charge < -0.3 is 14.8 Å². The van der Waals surface area contributed by atoms with Crippen molar-refractivity contribution in [2.75, 3.05) is 19.5 Å². The molecule has 0 unspecified atom stereocenters. The minimum Gasteiger partial charge on any atom is -0.493 e. The molecule has 2 amide bonds. The fourth-order valence-corrected chi connectivity index (χ4v) is 3.68.